The maximum atomic E-state index is 12.6. The average Bonchev–Trinajstić information content (AvgIpc) is 3.18. The molecule has 1 aliphatic heterocycles. The molecule has 54 heavy (non-hydrogen) atoms. The van der Waals surface area contributed by atoms with Gasteiger partial charge in [-0.2, -0.15) is 0 Å². The molecule has 1 saturated heterocycles. The topological polar surface area (TPSA) is 155 Å². The third kappa shape index (κ3) is 18.9. The Hall–Kier alpha value is -6.87. The number of nitrogens with two attached hydrogens (primary N) is 1. The Labute approximate surface area is 317 Å². The molecule has 0 aromatic heterocycles. The predicted molar refractivity (Wildman–Crippen MR) is 203 cm³/mol. The molecular weight excluding hydrogens is 681 g/mol. The van der Waals surface area contributed by atoms with Crippen molar-refractivity contribution in [1.29, 1.82) is 0 Å². The molecule has 1 heterocycles. The van der Waals surface area contributed by atoms with E-state index in [2.05, 4.69) is 147 Å². The van der Waals surface area contributed by atoms with Crippen LogP contribution in [0.5, 0.6) is 0 Å². The third-order valence-electron chi connectivity index (χ3n) is 6.83. The average molecular weight is 715 g/mol. The number of carbonyl (C=O) groups excluding carboxylic acids is 1. The zero-order valence-corrected chi connectivity index (χ0v) is 29.3. The first-order chi connectivity index (χ1) is 26.4. The van der Waals surface area contributed by atoms with Crippen molar-refractivity contribution in [2.24, 2.45) is 5.73 Å². The van der Waals surface area contributed by atoms with E-state index in [0.29, 0.717) is 6.42 Å². The van der Waals surface area contributed by atoms with Crippen molar-refractivity contribution in [3.8, 4) is 142 Å². The van der Waals surface area contributed by atoms with Crippen LogP contribution in [-0.4, -0.2) is 82.3 Å². The van der Waals surface area contributed by atoms with E-state index in [0.717, 1.165) is 19.3 Å². The van der Waals surface area contributed by atoms with Crippen molar-refractivity contribution >= 4 is 5.91 Å². The highest BCUT2D eigenvalue weighted by Gasteiger charge is 2.44. The predicted octanol–water partition coefficient (Wildman–Crippen LogP) is -0.911. The molecular formula is C45H34N2O7. The molecule has 0 radical (unpaired) electrons. The minimum Gasteiger partial charge on any atom is -0.394 e. The third-order valence-corrected chi connectivity index (χ3v) is 6.83. The number of amides is 1. The molecule has 0 aliphatic carbocycles. The first-order valence-electron chi connectivity index (χ1n) is 16.3. The molecule has 1 amide bonds. The number of aliphatic hydroxyl groups excluding tert-OH is 4. The fourth-order valence-corrected chi connectivity index (χ4v) is 4.21. The Morgan fingerprint density at radius 3 is 1.69 bits per heavy atom. The normalized spacial score (nSPS) is 17.7. The molecule has 0 bridgehead atoms. The van der Waals surface area contributed by atoms with Gasteiger partial charge in [-0.05, 0) is 126 Å². The molecule has 9 nitrogen and oxygen atoms in total. The van der Waals surface area contributed by atoms with Crippen molar-refractivity contribution in [2.45, 2.75) is 75.4 Å². The summed E-state index contributed by atoms with van der Waals surface area (Å²) < 4.78 is 11.1. The van der Waals surface area contributed by atoms with Crippen molar-refractivity contribution in [1.82, 2.24) is 5.32 Å². The Morgan fingerprint density at radius 1 is 0.722 bits per heavy atom. The highest BCUT2D eigenvalue weighted by atomic mass is 16.7. The number of hydrogen-bond acceptors (Lipinski definition) is 8. The molecule has 9 heteroatoms. The van der Waals surface area contributed by atoms with Crippen LogP contribution in [0.1, 0.15) is 31.7 Å². The molecule has 1 aromatic carbocycles. The fourth-order valence-electron chi connectivity index (χ4n) is 4.21. The van der Waals surface area contributed by atoms with E-state index >= 15 is 0 Å². The summed E-state index contributed by atoms with van der Waals surface area (Å²) in [7, 11) is 0. The highest BCUT2D eigenvalue weighted by Crippen LogP contribution is 2.22. The van der Waals surface area contributed by atoms with Crippen molar-refractivity contribution in [3.63, 3.8) is 0 Å². The quantitative estimate of drug-likeness (QED) is 0.127. The molecule has 2 rings (SSSR count). The van der Waals surface area contributed by atoms with Crippen molar-refractivity contribution in [2.75, 3.05) is 13.2 Å². The summed E-state index contributed by atoms with van der Waals surface area (Å²) in [6.45, 7) is 0.847. The van der Waals surface area contributed by atoms with Crippen molar-refractivity contribution in [3.05, 3.63) is 35.9 Å². The Morgan fingerprint density at radius 2 is 1.20 bits per heavy atom. The Bertz CT molecular complexity index is 2230. The van der Waals surface area contributed by atoms with Crippen LogP contribution in [0.15, 0.2) is 30.3 Å². The van der Waals surface area contributed by atoms with Crippen LogP contribution in [0.3, 0.4) is 0 Å². The number of rotatable bonds is 11. The maximum absolute atomic E-state index is 12.6. The minimum atomic E-state index is -1.62. The summed E-state index contributed by atoms with van der Waals surface area (Å²) >= 11 is 0. The Kier molecular flexibility index (Phi) is 22.3. The molecule has 0 spiro atoms. The van der Waals surface area contributed by atoms with Crippen LogP contribution >= 0.6 is 0 Å². The standard InChI is InChI=1S/C45H34N2O7/c1-2-3-4-5-6-7-8-9-10-11-12-13-14-15-16-17-18-19-20-21-22-23-27-34-41(49)47-39(38(46)33-29-28-32-37-30-25-24-26-31-37)36-53-45-44(52)43(51)42(50)40(35-48)54-45/h24-26,30-31,38-40,42-45,48,50-52H,28-29,32-33,35-36,46H2,1H3,(H,47,49)/t38-,39+,40?,42+,43+,44?,45+/m1/s1. The van der Waals surface area contributed by atoms with E-state index in [9.17, 15) is 25.2 Å². The zero-order valence-electron chi connectivity index (χ0n) is 29.3. The van der Waals surface area contributed by atoms with E-state index < -0.39 is 55.3 Å². The molecule has 1 aromatic rings. The zero-order chi connectivity index (χ0) is 39.1. The van der Waals surface area contributed by atoms with Gasteiger partial charge in [0.1, 0.15) is 24.4 Å². The van der Waals surface area contributed by atoms with E-state index in [1.165, 1.54) is 5.56 Å². The second-order valence-corrected chi connectivity index (χ2v) is 10.6. The summed E-state index contributed by atoms with van der Waals surface area (Å²) in [5, 5.41) is 42.6. The van der Waals surface area contributed by atoms with E-state index in [4.69, 9.17) is 15.2 Å². The van der Waals surface area contributed by atoms with E-state index in [1.54, 1.807) is 6.92 Å². The number of nitrogens with one attached hydrogen (secondary N) is 1. The number of hydrogen-bond donors (Lipinski definition) is 6. The van der Waals surface area contributed by atoms with Gasteiger partial charge in [-0.15, -0.1) is 0 Å². The Balaban J connectivity index is 1.92. The van der Waals surface area contributed by atoms with Gasteiger partial charge in [0, 0.05) is 47.5 Å². The van der Waals surface area contributed by atoms with Gasteiger partial charge in [-0.1, -0.05) is 42.7 Å². The van der Waals surface area contributed by atoms with Gasteiger partial charge in [-0.25, -0.2) is 0 Å². The summed E-state index contributed by atoms with van der Waals surface area (Å²) in [6.07, 6.45) is -4.29. The highest BCUT2D eigenvalue weighted by molar-refractivity contribution is 5.94. The monoisotopic (exact) mass is 714 g/mol. The van der Waals surface area contributed by atoms with Gasteiger partial charge in [0.25, 0.3) is 5.91 Å². The van der Waals surface area contributed by atoms with Gasteiger partial charge < -0.3 is 41.0 Å². The molecule has 2 unspecified atom stereocenters. The summed E-state index contributed by atoms with van der Waals surface area (Å²) in [4.78, 5) is 12.6. The van der Waals surface area contributed by atoms with Crippen LogP contribution in [0.25, 0.3) is 0 Å². The number of aryl methyl sites for hydroxylation is 1. The molecule has 7 N–H and O–H groups in total. The SMILES string of the molecule is CC#CC#CC#CC#CC#CC#CC#CC#CC#CC#CC#CC#CC(=O)N[C@@H](CO[C@H]1OC(CO)[C@H](O)[C@H](O)C1O)[C@H](N)CCCCc1ccccc1. The number of carbonyl (C=O) groups is 1. The molecule has 266 valence electrons. The minimum absolute atomic E-state index is 0.220. The fraction of sp³-hybridized carbons (Fsp3) is 0.311. The molecule has 1 fully saturated rings. The number of ether oxygens (including phenoxy) is 2. The van der Waals surface area contributed by atoms with Crippen LogP contribution in [-0.2, 0) is 20.7 Å². The summed E-state index contributed by atoms with van der Waals surface area (Å²) in [5.41, 5.74) is 7.64. The van der Waals surface area contributed by atoms with Gasteiger partial charge in [0.2, 0.25) is 0 Å². The summed E-state index contributed by atoms with van der Waals surface area (Å²) in [6, 6.07) is 8.65. The van der Waals surface area contributed by atoms with Gasteiger partial charge in [0.05, 0.1) is 19.3 Å². The first kappa shape index (κ1) is 43.3. The molecule has 7 atom stereocenters. The largest absolute Gasteiger partial charge is 0.394 e. The first-order valence-corrected chi connectivity index (χ1v) is 16.3. The van der Waals surface area contributed by atoms with Crippen LogP contribution in [0, 0.1) is 142 Å². The number of aliphatic hydroxyl groups is 4. The number of unbranched alkanes of at least 4 members (excludes halogenated alkanes) is 1. The molecule has 1 aliphatic rings. The van der Waals surface area contributed by atoms with Crippen LogP contribution in [0.2, 0.25) is 0 Å². The lowest BCUT2D eigenvalue weighted by molar-refractivity contribution is -0.302. The lowest BCUT2D eigenvalue weighted by Crippen LogP contribution is -2.60. The summed E-state index contributed by atoms with van der Waals surface area (Å²) in [5.74, 6) is 59.0. The second kappa shape index (κ2) is 27.8. The van der Waals surface area contributed by atoms with Crippen molar-refractivity contribution < 1.29 is 34.7 Å². The van der Waals surface area contributed by atoms with Crippen LogP contribution < -0.4 is 11.1 Å². The van der Waals surface area contributed by atoms with Gasteiger partial charge >= 0.3 is 0 Å². The lowest BCUT2D eigenvalue weighted by Gasteiger charge is -2.40. The van der Waals surface area contributed by atoms with E-state index in [-0.39, 0.29) is 6.61 Å². The van der Waals surface area contributed by atoms with Gasteiger partial charge in [0.15, 0.2) is 6.29 Å². The number of benzene rings is 1. The molecule has 0 saturated carbocycles. The second-order valence-electron chi connectivity index (χ2n) is 10.6. The van der Waals surface area contributed by atoms with Crippen LogP contribution in [0.4, 0.5) is 0 Å². The smallest absolute Gasteiger partial charge is 0.297 e. The lowest BCUT2D eigenvalue weighted by atomic mass is 9.99. The van der Waals surface area contributed by atoms with E-state index in [1.807, 2.05) is 30.3 Å². The maximum Gasteiger partial charge on any atom is 0.297 e. The van der Waals surface area contributed by atoms with Gasteiger partial charge in [-0.3, -0.25) is 4.79 Å².